The molecule has 0 aliphatic carbocycles. The zero-order valence-electron chi connectivity index (χ0n) is 25.3. The van der Waals surface area contributed by atoms with Gasteiger partial charge in [-0.1, -0.05) is 68.4 Å². The molecule has 0 fully saturated rings. The van der Waals surface area contributed by atoms with Crippen molar-refractivity contribution in [3.8, 4) is 45.0 Å². The molecule has 0 atom stereocenters. The maximum atomic E-state index is 13.9. The number of halogens is 9. The fourth-order valence-electron chi connectivity index (χ4n) is 3.88. The molecule has 0 N–H and O–H groups in total. The zero-order valence-corrected chi connectivity index (χ0v) is 39.9. The van der Waals surface area contributed by atoms with Gasteiger partial charge < -0.3 is 0 Å². The van der Waals surface area contributed by atoms with Gasteiger partial charge in [-0.05, 0) is 42.5 Å². The third-order valence-electron chi connectivity index (χ3n) is 5.76. The van der Waals surface area contributed by atoms with E-state index < -0.39 is 35.2 Å². The van der Waals surface area contributed by atoms with Gasteiger partial charge in [0.2, 0.25) is 0 Å². The normalized spacial score (nSPS) is 10.0. The molecule has 0 spiro atoms. The summed E-state index contributed by atoms with van der Waals surface area (Å²) in [7, 11) is 24.6. The predicted octanol–water partition coefficient (Wildman–Crippen LogP) is 11.9. The molecule has 4 aromatic heterocycles. The number of benzene rings is 2. The molecular weight excluding hydrogens is 1190 g/mol. The Kier molecular flexibility index (Phi) is 28.8. The van der Waals surface area contributed by atoms with Gasteiger partial charge in [0.15, 0.2) is 0 Å². The minimum atomic E-state index is -3.06. The van der Waals surface area contributed by atoms with Crippen LogP contribution in [0.15, 0.2) is 116 Å². The molecule has 0 aliphatic rings. The molecule has 0 radical (unpaired) electrons. The molecule has 6 aromatic rings. The molecule has 4 nitrogen and oxygen atoms in total. The van der Waals surface area contributed by atoms with Crippen LogP contribution in [0.5, 0.6) is 0 Å². The Morgan fingerprint density at radius 2 is 0.765 bits per heavy atom. The topological polar surface area (TPSA) is 51.6 Å². The van der Waals surface area contributed by atoms with Crippen molar-refractivity contribution in [2.45, 2.75) is 14.9 Å². The van der Waals surface area contributed by atoms with Crippen LogP contribution in [-0.4, -0.2) is 83.1 Å². The van der Waals surface area contributed by atoms with Crippen LogP contribution in [0, 0.1) is 29.3 Å². The Morgan fingerprint density at radius 1 is 0.490 bits per heavy atom. The molecule has 2 aromatic carbocycles. The van der Waals surface area contributed by atoms with Gasteiger partial charge in [-0.3, -0.25) is 28.7 Å². The van der Waals surface area contributed by atoms with Crippen LogP contribution in [0.3, 0.4) is 0 Å². The zero-order chi connectivity index (χ0) is 36.4. The fraction of sp³-hybridized carbons (Fsp3) is 0.0588. The number of nitrogens with zero attached hydrogens (tertiary/aromatic N) is 4. The second kappa shape index (κ2) is 28.3. The van der Waals surface area contributed by atoms with E-state index in [-0.39, 0.29) is 37.1 Å². The van der Waals surface area contributed by atoms with Crippen molar-refractivity contribution in [1.29, 1.82) is 0 Å². The molecule has 0 unspecified atom stereocenters. The van der Waals surface area contributed by atoms with Gasteiger partial charge in [0.05, 0.1) is 23.0 Å². The van der Waals surface area contributed by atoms with Crippen molar-refractivity contribution in [3.05, 3.63) is 145 Å². The first-order chi connectivity index (χ1) is 23.5. The number of hydrogen-bond acceptors (Lipinski definition) is 4. The first-order valence-electron chi connectivity index (χ1n) is 13.7. The van der Waals surface area contributed by atoms with Crippen LogP contribution in [0.2, 0.25) is 0 Å². The molecular formula is C34H27Cl5F4K2N4Pt2. The summed E-state index contributed by atoms with van der Waals surface area (Å²) in [5.74, 6) is -2.66. The van der Waals surface area contributed by atoms with E-state index in [4.69, 9.17) is 37.7 Å². The standard InChI is InChI=1S/C16H10F2N2.C16H9F2N2.2CH4.5ClH.2K.2Pt/c2*17-13-10-14(18)12(16-6-2-4-8-20-16)9-11(13)15-5-1-3-7-19-15;;;;;;;;;;;/h1-10H;1-8,10H;2*1H4;5*1H;;;;/q;-1;;;;;;;;;;+2;+4/p-5. The van der Waals surface area contributed by atoms with E-state index >= 15 is 0 Å². The van der Waals surface area contributed by atoms with Crippen molar-refractivity contribution in [2.75, 3.05) is 0 Å². The summed E-state index contributed by atoms with van der Waals surface area (Å²) in [6, 6.07) is 26.5. The minimum absolute atomic E-state index is 0. The molecule has 17 heteroatoms. The predicted molar refractivity (Wildman–Crippen MR) is 199 cm³/mol. The molecule has 4 heterocycles. The summed E-state index contributed by atoms with van der Waals surface area (Å²) in [6.07, 6.45) is 6.23. The van der Waals surface area contributed by atoms with Crippen LogP contribution in [0.4, 0.5) is 17.6 Å². The number of aromatic nitrogens is 4. The molecule has 0 saturated heterocycles. The van der Waals surface area contributed by atoms with Gasteiger partial charge in [-0.2, -0.15) is 0 Å². The molecule has 0 aliphatic heterocycles. The fourth-order valence-corrected chi connectivity index (χ4v) is 3.88. The molecule has 0 saturated carbocycles. The van der Waals surface area contributed by atoms with Gasteiger partial charge in [-0.25, -0.2) is 8.78 Å². The molecule has 51 heavy (non-hydrogen) atoms. The van der Waals surface area contributed by atoms with E-state index in [1.54, 1.807) is 116 Å². The first-order valence-corrected chi connectivity index (χ1v) is 43.7. The van der Waals surface area contributed by atoms with E-state index in [1.165, 1.54) is 69.2 Å². The van der Waals surface area contributed by atoms with Crippen molar-refractivity contribution >= 4 is 110 Å². The van der Waals surface area contributed by atoms with Crippen molar-refractivity contribution < 1.29 is 48.2 Å². The average molecular weight is 1210 g/mol. The Balaban J connectivity index is 0.000000774. The summed E-state index contributed by atoms with van der Waals surface area (Å²) in [4.78, 5) is 16.3. The van der Waals surface area contributed by atoms with Crippen LogP contribution in [-0.2, 0) is 30.7 Å². The van der Waals surface area contributed by atoms with Gasteiger partial charge in [-0.15, -0.1) is 6.07 Å². The van der Waals surface area contributed by atoms with Crippen LogP contribution in [0.1, 0.15) is 14.9 Å². The maximum absolute atomic E-state index is 13.9. The summed E-state index contributed by atoms with van der Waals surface area (Å²) in [6.45, 7) is 0. The van der Waals surface area contributed by atoms with Crippen molar-refractivity contribution in [3.63, 3.8) is 0 Å². The SMILES string of the molecule is C.C.Fc1cc(F)c(-c2ccccn2)[c-]c1-c1ccccn1.Fc1cc(F)c(-c2ccccn2)cc1-c1ccccn1.[Cl][Pt+].[Cl][Pt]([Cl])([Cl])[Cl].[K][K]. The van der Waals surface area contributed by atoms with E-state index in [2.05, 4.69) is 35.4 Å². The van der Waals surface area contributed by atoms with E-state index in [0.29, 0.717) is 22.8 Å². The van der Waals surface area contributed by atoms with Crippen LogP contribution < -0.4 is 0 Å². The van der Waals surface area contributed by atoms with Crippen LogP contribution >= 0.6 is 47.1 Å². The molecule has 6 rings (SSSR count). The van der Waals surface area contributed by atoms with Gasteiger partial charge >= 0.3 is 141 Å². The monoisotopic (exact) mass is 1210 g/mol. The third kappa shape index (κ3) is 18.6. The quantitative estimate of drug-likeness (QED) is 0.100. The number of hydrogen-bond donors (Lipinski definition) is 0. The Bertz CT molecular complexity index is 1600. The Labute approximate surface area is 375 Å². The number of rotatable bonds is 4. The molecule has 0 bridgehead atoms. The van der Waals surface area contributed by atoms with E-state index in [9.17, 15) is 17.6 Å². The molecule has 0 amide bonds. The van der Waals surface area contributed by atoms with Crippen molar-refractivity contribution in [1.82, 2.24) is 19.9 Å². The van der Waals surface area contributed by atoms with E-state index in [1.807, 2.05) is 0 Å². The summed E-state index contributed by atoms with van der Waals surface area (Å²) in [5.41, 5.74) is 2.51. The second-order valence-corrected chi connectivity index (χ2v) is 28.4. The molecule has 268 valence electrons. The Morgan fingerprint density at radius 3 is 1.04 bits per heavy atom. The van der Waals surface area contributed by atoms with Gasteiger partial charge in [0, 0.05) is 53.4 Å². The second-order valence-electron chi connectivity index (χ2n) is 8.66. The average Bonchev–Trinajstić information content (AvgIpc) is 3.11. The third-order valence-corrected chi connectivity index (χ3v) is 5.76. The van der Waals surface area contributed by atoms with Gasteiger partial charge in [0.25, 0.3) is 0 Å². The summed E-state index contributed by atoms with van der Waals surface area (Å²) in [5, 5.41) is 0. The summed E-state index contributed by atoms with van der Waals surface area (Å²) < 4.78 is 55.7. The van der Waals surface area contributed by atoms with Crippen LogP contribution in [0.25, 0.3) is 45.0 Å². The summed E-state index contributed by atoms with van der Waals surface area (Å²) >= 11 is 1.06. The van der Waals surface area contributed by atoms with Gasteiger partial charge in [0.1, 0.15) is 11.6 Å². The number of pyridine rings is 4. The Hall–Kier alpha value is 0.859. The first kappa shape index (κ1) is 51.9. The van der Waals surface area contributed by atoms with Crippen molar-refractivity contribution in [2.24, 2.45) is 0 Å². The van der Waals surface area contributed by atoms with E-state index in [0.717, 1.165) is 12.1 Å².